The molecule has 0 N–H and O–H groups in total. The Morgan fingerprint density at radius 1 is 1.33 bits per heavy atom. The molecule has 18 heavy (non-hydrogen) atoms. The highest BCUT2D eigenvalue weighted by Gasteiger charge is 2.18. The van der Waals surface area contributed by atoms with E-state index in [1.807, 2.05) is 24.3 Å². The van der Waals surface area contributed by atoms with Gasteiger partial charge in [-0.2, -0.15) is 0 Å². The molecule has 0 aliphatic carbocycles. The fourth-order valence-electron chi connectivity index (χ4n) is 1.90. The van der Waals surface area contributed by atoms with Gasteiger partial charge in [-0.05, 0) is 24.3 Å². The topological polar surface area (TPSA) is 21.7 Å². The molecule has 1 aliphatic rings. The van der Waals surface area contributed by atoms with Gasteiger partial charge in [-0.25, -0.2) is 0 Å². The molecule has 0 spiro atoms. The Hall–Kier alpha value is -0.100. The second-order valence-electron chi connectivity index (χ2n) is 4.25. The molecule has 3 nitrogen and oxygen atoms in total. The molecule has 5 heteroatoms. The van der Waals surface area contributed by atoms with E-state index in [-0.39, 0.29) is 0 Å². The van der Waals surface area contributed by atoms with E-state index in [1.54, 1.807) is 0 Å². The maximum absolute atomic E-state index is 5.72. The molecular weight excluding hydrogens is 362 g/mol. The van der Waals surface area contributed by atoms with Crippen LogP contribution in [0.3, 0.4) is 0 Å². The van der Waals surface area contributed by atoms with Crippen molar-refractivity contribution in [2.45, 2.75) is 6.10 Å². The van der Waals surface area contributed by atoms with Crippen LogP contribution in [0.5, 0.6) is 5.75 Å². The van der Waals surface area contributed by atoms with Crippen molar-refractivity contribution in [3.63, 3.8) is 0 Å². The van der Waals surface area contributed by atoms with Crippen molar-refractivity contribution in [1.82, 2.24) is 4.90 Å². The fourth-order valence-corrected chi connectivity index (χ4v) is 2.56. The average molecular weight is 379 g/mol. The summed E-state index contributed by atoms with van der Waals surface area (Å²) in [6.45, 7) is 4.45. The molecule has 1 aromatic rings. The van der Waals surface area contributed by atoms with E-state index < -0.39 is 0 Å². The smallest absolute Gasteiger partial charge is 0.119 e. The van der Waals surface area contributed by atoms with Gasteiger partial charge in [0.05, 0.1) is 12.7 Å². The molecular formula is C13H17Br2NO2. The van der Waals surface area contributed by atoms with Crippen LogP contribution < -0.4 is 4.74 Å². The van der Waals surface area contributed by atoms with Crippen molar-refractivity contribution >= 4 is 31.9 Å². The highest BCUT2D eigenvalue weighted by Crippen LogP contribution is 2.16. The van der Waals surface area contributed by atoms with E-state index in [0.29, 0.717) is 6.10 Å². The zero-order chi connectivity index (χ0) is 12.8. The molecule has 1 saturated heterocycles. The first-order valence-corrected chi connectivity index (χ1v) is 7.97. The van der Waals surface area contributed by atoms with Crippen LogP contribution in [-0.4, -0.2) is 49.2 Å². The Balaban J connectivity index is 1.70. The van der Waals surface area contributed by atoms with Crippen molar-refractivity contribution in [2.24, 2.45) is 0 Å². The van der Waals surface area contributed by atoms with Crippen molar-refractivity contribution in [3.05, 3.63) is 28.7 Å². The standard InChI is InChI=1S/C13H17Br2NO2/c14-9-13-10-16(6-8-18-13)5-7-17-12-3-1-11(15)2-4-12/h1-4,13H,5-10H2. The lowest BCUT2D eigenvalue weighted by molar-refractivity contribution is -0.0184. The first-order valence-electron chi connectivity index (χ1n) is 6.06. The van der Waals surface area contributed by atoms with E-state index in [0.717, 1.165) is 48.4 Å². The van der Waals surface area contributed by atoms with Gasteiger partial charge in [0.1, 0.15) is 12.4 Å². The van der Waals surface area contributed by atoms with Crippen LogP contribution in [-0.2, 0) is 4.74 Å². The third-order valence-electron chi connectivity index (χ3n) is 2.88. The van der Waals surface area contributed by atoms with Gasteiger partial charge in [0, 0.05) is 29.4 Å². The van der Waals surface area contributed by atoms with Gasteiger partial charge in [0.15, 0.2) is 0 Å². The Bertz CT molecular complexity index is 359. The zero-order valence-corrected chi connectivity index (χ0v) is 13.3. The second-order valence-corrected chi connectivity index (χ2v) is 5.81. The number of hydrogen-bond acceptors (Lipinski definition) is 3. The third-order valence-corrected chi connectivity index (χ3v) is 4.14. The molecule has 1 atom stereocenters. The number of ether oxygens (including phenoxy) is 2. The maximum Gasteiger partial charge on any atom is 0.119 e. The average Bonchev–Trinajstić information content (AvgIpc) is 2.41. The SMILES string of the molecule is BrCC1CN(CCOc2ccc(Br)cc2)CCO1. The summed E-state index contributed by atoms with van der Waals surface area (Å²) in [6, 6.07) is 7.94. The molecule has 2 rings (SSSR count). The number of nitrogens with zero attached hydrogens (tertiary/aromatic N) is 1. The Labute approximate surface area is 125 Å². The third kappa shape index (κ3) is 4.53. The second kappa shape index (κ2) is 7.48. The molecule has 1 unspecified atom stereocenters. The number of hydrogen-bond donors (Lipinski definition) is 0. The summed E-state index contributed by atoms with van der Waals surface area (Å²) in [4.78, 5) is 2.38. The lowest BCUT2D eigenvalue weighted by atomic mass is 10.3. The highest BCUT2D eigenvalue weighted by molar-refractivity contribution is 9.10. The summed E-state index contributed by atoms with van der Waals surface area (Å²) in [5, 5.41) is 0.900. The van der Waals surface area contributed by atoms with Crippen LogP contribution in [0.15, 0.2) is 28.7 Å². The predicted molar refractivity (Wildman–Crippen MR) is 79.6 cm³/mol. The zero-order valence-electron chi connectivity index (χ0n) is 10.1. The van der Waals surface area contributed by atoms with Crippen molar-refractivity contribution in [1.29, 1.82) is 0 Å². The summed E-state index contributed by atoms with van der Waals surface area (Å²) in [7, 11) is 0. The molecule has 0 saturated carbocycles. The number of halogens is 2. The minimum atomic E-state index is 0.312. The van der Waals surface area contributed by atoms with Gasteiger partial charge in [0.25, 0.3) is 0 Å². The van der Waals surface area contributed by atoms with E-state index >= 15 is 0 Å². The predicted octanol–water partition coefficient (Wildman–Crippen LogP) is 2.92. The molecule has 0 radical (unpaired) electrons. The van der Waals surface area contributed by atoms with Gasteiger partial charge < -0.3 is 9.47 Å². The molecule has 1 heterocycles. The summed E-state index contributed by atoms with van der Waals surface area (Å²) in [6.07, 6.45) is 0.312. The summed E-state index contributed by atoms with van der Waals surface area (Å²) in [5.41, 5.74) is 0. The van der Waals surface area contributed by atoms with Crippen LogP contribution >= 0.6 is 31.9 Å². The van der Waals surface area contributed by atoms with Gasteiger partial charge in [-0.15, -0.1) is 0 Å². The quantitative estimate of drug-likeness (QED) is 0.735. The normalized spacial score (nSPS) is 20.9. The summed E-state index contributed by atoms with van der Waals surface area (Å²) in [5.74, 6) is 0.920. The number of morpholine rings is 1. The van der Waals surface area contributed by atoms with Crippen LogP contribution in [0.2, 0.25) is 0 Å². The largest absolute Gasteiger partial charge is 0.492 e. The van der Waals surface area contributed by atoms with Crippen LogP contribution in [0.1, 0.15) is 0 Å². The molecule has 1 fully saturated rings. The van der Waals surface area contributed by atoms with Gasteiger partial charge in [-0.1, -0.05) is 31.9 Å². The summed E-state index contributed by atoms with van der Waals surface area (Å²) >= 11 is 6.87. The summed E-state index contributed by atoms with van der Waals surface area (Å²) < 4.78 is 12.4. The highest BCUT2D eigenvalue weighted by atomic mass is 79.9. The monoisotopic (exact) mass is 377 g/mol. The Morgan fingerprint density at radius 3 is 2.83 bits per heavy atom. The maximum atomic E-state index is 5.72. The van der Waals surface area contributed by atoms with Gasteiger partial charge in [0.2, 0.25) is 0 Å². The van der Waals surface area contributed by atoms with Crippen molar-refractivity contribution in [3.8, 4) is 5.75 Å². The molecule has 0 bridgehead atoms. The number of alkyl halides is 1. The fraction of sp³-hybridized carbons (Fsp3) is 0.538. The lowest BCUT2D eigenvalue weighted by Gasteiger charge is -2.31. The molecule has 1 aliphatic heterocycles. The minimum absolute atomic E-state index is 0.312. The number of benzene rings is 1. The molecule has 0 amide bonds. The van der Waals surface area contributed by atoms with Crippen LogP contribution in [0, 0.1) is 0 Å². The first-order chi connectivity index (χ1) is 8.78. The number of rotatable bonds is 5. The molecule has 0 aromatic heterocycles. The van der Waals surface area contributed by atoms with E-state index in [2.05, 4.69) is 36.8 Å². The van der Waals surface area contributed by atoms with Gasteiger partial charge in [-0.3, -0.25) is 4.90 Å². The van der Waals surface area contributed by atoms with Crippen molar-refractivity contribution in [2.75, 3.05) is 38.2 Å². The minimum Gasteiger partial charge on any atom is -0.492 e. The van der Waals surface area contributed by atoms with Crippen LogP contribution in [0.25, 0.3) is 0 Å². The van der Waals surface area contributed by atoms with Crippen LogP contribution in [0.4, 0.5) is 0 Å². The molecule has 100 valence electrons. The van der Waals surface area contributed by atoms with Crippen molar-refractivity contribution < 1.29 is 9.47 Å². The van der Waals surface area contributed by atoms with E-state index in [1.165, 1.54) is 0 Å². The lowest BCUT2D eigenvalue weighted by Crippen LogP contribution is -2.44. The first kappa shape index (κ1) is 14.3. The van der Waals surface area contributed by atoms with Gasteiger partial charge >= 0.3 is 0 Å². The van der Waals surface area contributed by atoms with E-state index in [4.69, 9.17) is 9.47 Å². The Morgan fingerprint density at radius 2 is 2.11 bits per heavy atom. The Kier molecular flexibility index (Phi) is 5.95. The molecule has 1 aromatic carbocycles. The van der Waals surface area contributed by atoms with E-state index in [9.17, 15) is 0 Å².